The molecule has 10 heteroatoms. The summed E-state index contributed by atoms with van der Waals surface area (Å²) in [6, 6.07) is 5.14. The topological polar surface area (TPSA) is 121 Å². The van der Waals surface area contributed by atoms with Crippen molar-refractivity contribution in [2.75, 3.05) is 18.5 Å². The molecule has 9 nitrogen and oxygen atoms in total. The minimum absolute atomic E-state index is 0.0648. The van der Waals surface area contributed by atoms with Crippen molar-refractivity contribution in [2.45, 2.75) is 45.6 Å². The normalized spacial score (nSPS) is 15.7. The Balaban J connectivity index is 1.45. The predicted octanol–water partition coefficient (Wildman–Crippen LogP) is 3.23. The van der Waals surface area contributed by atoms with Crippen molar-refractivity contribution in [3.05, 3.63) is 51.9 Å². The fourth-order valence-corrected chi connectivity index (χ4v) is 4.15. The molecule has 3 N–H and O–H groups in total. The van der Waals surface area contributed by atoms with Gasteiger partial charge < -0.3 is 20.5 Å². The van der Waals surface area contributed by atoms with Crippen molar-refractivity contribution in [1.29, 1.82) is 0 Å². The Morgan fingerprint density at radius 1 is 1.36 bits per heavy atom. The van der Waals surface area contributed by atoms with Crippen molar-refractivity contribution in [2.24, 2.45) is 5.73 Å². The fraction of sp³-hybridized carbons (Fsp3) is 0.391. The molecule has 0 aliphatic carbocycles. The van der Waals surface area contributed by atoms with Crippen LogP contribution in [0.4, 0.5) is 5.69 Å². The molecule has 0 spiro atoms. The number of hydrogen-bond donors (Lipinski definition) is 2. The Kier molecular flexibility index (Phi) is 6.80. The van der Waals surface area contributed by atoms with Gasteiger partial charge in [-0.1, -0.05) is 11.6 Å². The number of anilines is 1. The van der Waals surface area contributed by atoms with Gasteiger partial charge in [-0.05, 0) is 56.9 Å². The average Bonchev–Trinajstić information content (AvgIpc) is 3.43. The lowest BCUT2D eigenvalue weighted by Gasteiger charge is -2.16. The molecule has 33 heavy (non-hydrogen) atoms. The molecule has 1 saturated heterocycles. The summed E-state index contributed by atoms with van der Waals surface area (Å²) >= 11 is 6.14. The zero-order valence-electron chi connectivity index (χ0n) is 18.6. The Labute approximate surface area is 196 Å². The Morgan fingerprint density at radius 2 is 2.18 bits per heavy atom. The second-order valence-electron chi connectivity index (χ2n) is 8.05. The van der Waals surface area contributed by atoms with E-state index in [-0.39, 0.29) is 24.0 Å². The fourth-order valence-electron chi connectivity index (χ4n) is 3.98. The average molecular weight is 472 g/mol. The largest absolute Gasteiger partial charge is 0.489 e. The van der Waals surface area contributed by atoms with Gasteiger partial charge in [0.2, 0.25) is 5.91 Å². The lowest BCUT2D eigenvalue weighted by molar-refractivity contribution is -0.116. The first kappa shape index (κ1) is 23.0. The van der Waals surface area contributed by atoms with E-state index in [4.69, 9.17) is 26.8 Å². The third-order valence-corrected chi connectivity index (χ3v) is 5.98. The number of nitrogens with one attached hydrogen (secondary N) is 1. The molecule has 3 aromatic rings. The number of nitrogens with zero attached hydrogens (tertiary/aromatic N) is 3. The molecule has 1 atom stereocenters. The van der Waals surface area contributed by atoms with Gasteiger partial charge in [-0.25, -0.2) is 9.50 Å². The van der Waals surface area contributed by atoms with Gasteiger partial charge in [-0.15, -0.1) is 0 Å². The molecule has 2 aromatic heterocycles. The number of ether oxygens (including phenoxy) is 2. The van der Waals surface area contributed by atoms with Gasteiger partial charge in [0.15, 0.2) is 5.65 Å². The van der Waals surface area contributed by atoms with Crippen molar-refractivity contribution in [3.63, 3.8) is 0 Å². The summed E-state index contributed by atoms with van der Waals surface area (Å²) in [4.78, 5) is 28.8. The van der Waals surface area contributed by atoms with Crippen molar-refractivity contribution in [1.82, 2.24) is 14.6 Å². The van der Waals surface area contributed by atoms with Gasteiger partial charge in [0.05, 0.1) is 18.0 Å². The standard InChI is InChI=1S/C23H26ClN5O4/c1-13-17(14(2)29-23(27-13)18(11-26-29)22(25)31)6-8-21(30)28-19-10-15(24)5-7-20(19)33-12-16-4-3-9-32-16/h5,7,10-11,16H,3-4,6,8-9,12H2,1-2H3,(H2,25,31)(H,28,30). The van der Waals surface area contributed by atoms with Crippen LogP contribution in [0.5, 0.6) is 5.75 Å². The van der Waals surface area contributed by atoms with E-state index in [9.17, 15) is 9.59 Å². The van der Waals surface area contributed by atoms with Gasteiger partial charge in [-0.2, -0.15) is 5.10 Å². The highest BCUT2D eigenvalue weighted by atomic mass is 35.5. The van der Waals surface area contributed by atoms with E-state index < -0.39 is 5.91 Å². The number of primary amides is 1. The smallest absolute Gasteiger partial charge is 0.254 e. The van der Waals surface area contributed by atoms with Crippen LogP contribution < -0.4 is 15.8 Å². The maximum absolute atomic E-state index is 12.8. The summed E-state index contributed by atoms with van der Waals surface area (Å²) in [6.07, 6.45) is 4.13. The molecule has 0 bridgehead atoms. The molecule has 1 aliphatic heterocycles. The molecule has 4 rings (SSSR count). The highest BCUT2D eigenvalue weighted by Gasteiger charge is 2.19. The number of amides is 2. The highest BCUT2D eigenvalue weighted by Crippen LogP contribution is 2.29. The summed E-state index contributed by atoms with van der Waals surface area (Å²) in [5, 5.41) is 7.62. The monoisotopic (exact) mass is 471 g/mol. The molecule has 0 saturated carbocycles. The molecule has 2 amide bonds. The first-order chi connectivity index (χ1) is 15.8. The molecular formula is C23H26ClN5O4. The van der Waals surface area contributed by atoms with Crippen LogP contribution in [-0.2, 0) is 16.0 Å². The van der Waals surface area contributed by atoms with Gasteiger partial charge in [0.25, 0.3) is 5.91 Å². The first-order valence-electron chi connectivity index (χ1n) is 10.8. The van der Waals surface area contributed by atoms with Crippen molar-refractivity contribution in [3.8, 4) is 5.75 Å². The van der Waals surface area contributed by atoms with E-state index in [0.717, 1.165) is 36.4 Å². The first-order valence-corrected chi connectivity index (χ1v) is 11.2. The number of benzene rings is 1. The number of aromatic nitrogens is 3. The van der Waals surface area contributed by atoms with Gasteiger partial charge >= 0.3 is 0 Å². The van der Waals surface area contributed by atoms with Gasteiger partial charge in [-0.3, -0.25) is 9.59 Å². The van der Waals surface area contributed by atoms with E-state index in [1.165, 1.54) is 6.20 Å². The summed E-state index contributed by atoms with van der Waals surface area (Å²) in [7, 11) is 0. The summed E-state index contributed by atoms with van der Waals surface area (Å²) in [6.45, 7) is 4.89. The number of hydrogen-bond acceptors (Lipinski definition) is 6. The Hall–Kier alpha value is -3.17. The Morgan fingerprint density at radius 3 is 2.91 bits per heavy atom. The summed E-state index contributed by atoms with van der Waals surface area (Å²) in [5.41, 5.74) is 9.02. The minimum atomic E-state index is -0.581. The van der Waals surface area contributed by atoms with E-state index in [1.54, 1.807) is 22.7 Å². The maximum atomic E-state index is 12.8. The van der Waals surface area contributed by atoms with E-state index >= 15 is 0 Å². The highest BCUT2D eigenvalue weighted by molar-refractivity contribution is 6.31. The third kappa shape index (κ3) is 5.09. The van der Waals surface area contributed by atoms with E-state index in [2.05, 4.69) is 15.4 Å². The van der Waals surface area contributed by atoms with Crippen LogP contribution in [0.2, 0.25) is 5.02 Å². The number of carbonyl (C=O) groups excluding carboxylic acids is 2. The zero-order valence-corrected chi connectivity index (χ0v) is 19.3. The van der Waals surface area contributed by atoms with E-state index in [0.29, 0.717) is 35.1 Å². The van der Waals surface area contributed by atoms with Crippen LogP contribution in [0.3, 0.4) is 0 Å². The van der Waals surface area contributed by atoms with Crippen LogP contribution in [-0.4, -0.2) is 45.7 Å². The minimum Gasteiger partial charge on any atom is -0.489 e. The SMILES string of the molecule is Cc1nc2c(C(N)=O)cnn2c(C)c1CCC(=O)Nc1cc(Cl)ccc1OCC1CCCO1. The van der Waals surface area contributed by atoms with Crippen LogP contribution in [0, 0.1) is 13.8 Å². The maximum Gasteiger partial charge on any atom is 0.254 e. The number of fused-ring (bicyclic) bond motifs is 1. The number of carbonyl (C=O) groups is 2. The van der Waals surface area contributed by atoms with Crippen LogP contribution in [0.1, 0.15) is 46.6 Å². The molecule has 1 aromatic carbocycles. The summed E-state index contributed by atoms with van der Waals surface area (Å²) in [5.74, 6) is -0.215. The lowest BCUT2D eigenvalue weighted by atomic mass is 10.1. The quantitative estimate of drug-likeness (QED) is 0.520. The van der Waals surface area contributed by atoms with Gasteiger partial charge in [0.1, 0.15) is 17.9 Å². The number of rotatable bonds is 8. The molecule has 1 fully saturated rings. The summed E-state index contributed by atoms with van der Waals surface area (Å²) < 4.78 is 13.1. The van der Waals surface area contributed by atoms with Crippen LogP contribution in [0.15, 0.2) is 24.4 Å². The van der Waals surface area contributed by atoms with E-state index in [1.807, 2.05) is 13.8 Å². The third-order valence-electron chi connectivity index (χ3n) is 5.74. The molecule has 1 aliphatic rings. The van der Waals surface area contributed by atoms with Crippen molar-refractivity contribution >= 4 is 34.7 Å². The van der Waals surface area contributed by atoms with Crippen molar-refractivity contribution < 1.29 is 19.1 Å². The second-order valence-corrected chi connectivity index (χ2v) is 8.49. The Bertz CT molecular complexity index is 1200. The molecule has 174 valence electrons. The number of halogens is 1. The van der Waals surface area contributed by atoms with Crippen LogP contribution >= 0.6 is 11.6 Å². The van der Waals surface area contributed by atoms with Gasteiger partial charge in [0, 0.05) is 29.4 Å². The number of nitrogens with two attached hydrogens (primary N) is 1. The molecule has 1 unspecified atom stereocenters. The van der Waals surface area contributed by atoms with Crippen LogP contribution in [0.25, 0.3) is 5.65 Å². The predicted molar refractivity (Wildman–Crippen MR) is 124 cm³/mol. The molecular weight excluding hydrogens is 446 g/mol. The number of aryl methyl sites for hydroxylation is 2. The molecule has 3 heterocycles. The lowest BCUT2D eigenvalue weighted by Crippen LogP contribution is -2.18. The molecule has 0 radical (unpaired) electrons. The zero-order chi connectivity index (χ0) is 23.5. The second kappa shape index (κ2) is 9.76.